The molecule has 0 saturated carbocycles. The molecule has 0 aliphatic heterocycles. The highest BCUT2D eigenvalue weighted by Gasteiger charge is 2.08. The van der Waals surface area contributed by atoms with Crippen molar-refractivity contribution in [1.29, 1.82) is 0 Å². The summed E-state index contributed by atoms with van der Waals surface area (Å²) in [5.74, 6) is -0.324. The second-order valence-electron chi connectivity index (χ2n) is 2.12. The van der Waals surface area contributed by atoms with E-state index < -0.39 is 0 Å². The minimum absolute atomic E-state index is 0.324. The maximum absolute atomic E-state index is 11.1. The highest BCUT2D eigenvalue weighted by atomic mass is 127. The quantitative estimate of drug-likeness (QED) is 0.445. The summed E-state index contributed by atoms with van der Waals surface area (Å²) in [6.45, 7) is 3.82. The molecule has 0 aromatic heterocycles. The van der Waals surface area contributed by atoms with E-state index in [0.29, 0.717) is 5.57 Å². The highest BCUT2D eigenvalue weighted by Crippen LogP contribution is 2.15. The van der Waals surface area contributed by atoms with Crippen LogP contribution in [0, 0.1) is 0 Å². The van der Waals surface area contributed by atoms with E-state index in [4.69, 9.17) is 0 Å². The highest BCUT2D eigenvalue weighted by molar-refractivity contribution is 14.1. The second-order valence-corrected chi connectivity index (χ2v) is 3.75. The molecule has 0 rings (SSSR count). The Bertz CT molecular complexity index is 217. The largest absolute Gasteiger partial charge is 0.391 e. The molecule has 68 valence electrons. The molecular formula is C8H10BrIO2. The van der Waals surface area contributed by atoms with Crippen LogP contribution in [0.2, 0.25) is 0 Å². The van der Waals surface area contributed by atoms with Gasteiger partial charge in [0.1, 0.15) is 0 Å². The lowest BCUT2D eigenvalue weighted by molar-refractivity contribution is -0.126. The maximum Gasteiger partial charge on any atom is 0.348 e. The van der Waals surface area contributed by atoms with Crippen molar-refractivity contribution < 1.29 is 7.86 Å². The smallest absolute Gasteiger partial charge is 0.348 e. The van der Waals surface area contributed by atoms with E-state index >= 15 is 0 Å². The SMILES string of the molecule is CC/C=C\C(C(=O)OI)=C(/C)Br. The summed E-state index contributed by atoms with van der Waals surface area (Å²) in [5.41, 5.74) is 0.561. The minimum Gasteiger partial charge on any atom is -0.391 e. The Morgan fingerprint density at radius 3 is 2.58 bits per heavy atom. The van der Waals surface area contributed by atoms with Crippen LogP contribution in [0.3, 0.4) is 0 Å². The molecule has 0 heterocycles. The van der Waals surface area contributed by atoms with Crippen molar-refractivity contribution >= 4 is 44.9 Å². The average Bonchev–Trinajstić information content (AvgIpc) is 2.04. The Hall–Kier alpha value is 0.160. The van der Waals surface area contributed by atoms with Crippen LogP contribution in [0.5, 0.6) is 0 Å². The van der Waals surface area contributed by atoms with Crippen molar-refractivity contribution in [3.05, 3.63) is 22.2 Å². The standard InChI is InChI=1S/C8H10BrIO2/c1-3-4-5-7(6(2)9)8(11)12-10/h4-5H,3H2,1-2H3/b5-4-,7-6-. The van der Waals surface area contributed by atoms with E-state index in [1.54, 1.807) is 29.1 Å². The lowest BCUT2D eigenvalue weighted by Crippen LogP contribution is -1.99. The number of halogens is 2. The summed E-state index contributed by atoms with van der Waals surface area (Å²) >= 11 is 4.81. The van der Waals surface area contributed by atoms with E-state index in [-0.39, 0.29) is 5.97 Å². The summed E-state index contributed by atoms with van der Waals surface area (Å²) in [5, 5.41) is 0. The van der Waals surface area contributed by atoms with Crippen molar-refractivity contribution in [3.8, 4) is 0 Å². The molecule has 2 nitrogen and oxygen atoms in total. The van der Waals surface area contributed by atoms with Crippen LogP contribution in [0.15, 0.2) is 22.2 Å². The topological polar surface area (TPSA) is 26.3 Å². The first kappa shape index (κ1) is 12.2. The molecule has 0 atom stereocenters. The summed E-state index contributed by atoms with van der Waals surface area (Å²) in [4.78, 5) is 11.1. The van der Waals surface area contributed by atoms with Gasteiger partial charge >= 0.3 is 5.97 Å². The summed E-state index contributed by atoms with van der Waals surface area (Å²) < 4.78 is 5.35. The fourth-order valence-corrected chi connectivity index (χ4v) is 1.13. The molecule has 0 saturated heterocycles. The van der Waals surface area contributed by atoms with Gasteiger partial charge < -0.3 is 3.07 Å². The first-order chi connectivity index (χ1) is 5.63. The number of hydrogen-bond donors (Lipinski definition) is 0. The second kappa shape index (κ2) is 6.65. The normalized spacial score (nSPS) is 13.0. The van der Waals surface area contributed by atoms with Crippen LogP contribution in [0.1, 0.15) is 20.3 Å². The zero-order valence-corrected chi connectivity index (χ0v) is 10.7. The molecule has 0 bridgehead atoms. The minimum atomic E-state index is -0.324. The molecule has 0 aromatic rings. The molecule has 0 amide bonds. The van der Waals surface area contributed by atoms with Crippen LogP contribution in [0.4, 0.5) is 0 Å². The fourth-order valence-electron chi connectivity index (χ4n) is 0.601. The van der Waals surface area contributed by atoms with Crippen molar-refractivity contribution in [2.75, 3.05) is 0 Å². The predicted molar refractivity (Wildman–Crippen MR) is 61.2 cm³/mol. The van der Waals surface area contributed by atoms with Crippen molar-refractivity contribution in [2.24, 2.45) is 0 Å². The summed E-state index contributed by atoms with van der Waals surface area (Å²) in [7, 11) is 0. The predicted octanol–water partition coefficient (Wildman–Crippen LogP) is 3.51. The zero-order chi connectivity index (χ0) is 9.56. The zero-order valence-electron chi connectivity index (χ0n) is 6.93. The number of carbonyl (C=O) groups is 1. The summed E-state index contributed by atoms with van der Waals surface area (Å²) in [6, 6.07) is 0. The molecule has 0 N–H and O–H groups in total. The van der Waals surface area contributed by atoms with Crippen molar-refractivity contribution in [1.82, 2.24) is 0 Å². The van der Waals surface area contributed by atoms with E-state index in [2.05, 4.69) is 19.0 Å². The molecule has 0 unspecified atom stereocenters. The molecular weight excluding hydrogens is 335 g/mol. The van der Waals surface area contributed by atoms with E-state index in [0.717, 1.165) is 10.9 Å². The number of rotatable bonds is 3. The van der Waals surface area contributed by atoms with Crippen molar-refractivity contribution in [3.63, 3.8) is 0 Å². The molecule has 0 aliphatic carbocycles. The third-order valence-electron chi connectivity index (χ3n) is 1.18. The molecule has 12 heavy (non-hydrogen) atoms. The third-order valence-corrected chi connectivity index (χ3v) is 2.01. The van der Waals surface area contributed by atoms with Crippen LogP contribution >= 0.6 is 38.9 Å². The Morgan fingerprint density at radius 1 is 1.67 bits per heavy atom. The Morgan fingerprint density at radius 2 is 2.25 bits per heavy atom. The van der Waals surface area contributed by atoms with Gasteiger partial charge in [-0.25, -0.2) is 4.79 Å². The molecule has 4 heteroatoms. The van der Waals surface area contributed by atoms with Crippen LogP contribution in [-0.4, -0.2) is 5.97 Å². The van der Waals surface area contributed by atoms with Gasteiger partial charge in [-0.3, -0.25) is 0 Å². The molecule has 0 spiro atoms. The molecule has 0 aliphatic rings. The lowest BCUT2D eigenvalue weighted by Gasteiger charge is -1.98. The van der Waals surface area contributed by atoms with Crippen LogP contribution in [0.25, 0.3) is 0 Å². The van der Waals surface area contributed by atoms with Crippen LogP contribution < -0.4 is 0 Å². The van der Waals surface area contributed by atoms with Gasteiger partial charge in [-0.1, -0.05) is 35.0 Å². The van der Waals surface area contributed by atoms with Gasteiger partial charge in [0, 0.05) is 4.48 Å². The first-order valence-electron chi connectivity index (χ1n) is 3.49. The first-order valence-corrected chi connectivity index (χ1v) is 5.16. The maximum atomic E-state index is 11.1. The van der Waals surface area contributed by atoms with E-state index in [1.807, 2.05) is 19.9 Å². The molecule has 0 fully saturated rings. The van der Waals surface area contributed by atoms with E-state index in [9.17, 15) is 4.79 Å². The Balaban J connectivity index is 4.59. The van der Waals surface area contributed by atoms with Gasteiger partial charge in [0.2, 0.25) is 0 Å². The van der Waals surface area contributed by atoms with E-state index in [1.165, 1.54) is 0 Å². The van der Waals surface area contributed by atoms with Gasteiger partial charge in [-0.15, -0.1) is 0 Å². The monoisotopic (exact) mass is 344 g/mol. The number of carbonyl (C=O) groups excluding carboxylic acids is 1. The third kappa shape index (κ3) is 4.25. The Kier molecular flexibility index (Phi) is 6.74. The lowest BCUT2D eigenvalue weighted by atomic mass is 10.2. The van der Waals surface area contributed by atoms with Gasteiger partial charge in [-0.2, -0.15) is 0 Å². The average molecular weight is 345 g/mol. The van der Waals surface area contributed by atoms with Gasteiger partial charge in [-0.05, 0) is 13.3 Å². The number of hydrogen-bond acceptors (Lipinski definition) is 2. The van der Waals surface area contributed by atoms with Gasteiger partial charge in [0.05, 0.1) is 5.57 Å². The van der Waals surface area contributed by atoms with Gasteiger partial charge in [0.25, 0.3) is 0 Å². The molecule has 0 aromatic carbocycles. The molecule has 0 radical (unpaired) electrons. The number of allylic oxidation sites excluding steroid dienone is 2. The van der Waals surface area contributed by atoms with Crippen LogP contribution in [-0.2, 0) is 7.86 Å². The summed E-state index contributed by atoms with van der Waals surface area (Å²) in [6.07, 6.45) is 4.57. The Labute approximate surface area is 94.9 Å². The van der Waals surface area contributed by atoms with Gasteiger partial charge in [0.15, 0.2) is 23.0 Å². The fraction of sp³-hybridized carbons (Fsp3) is 0.375. The van der Waals surface area contributed by atoms with Crippen molar-refractivity contribution in [2.45, 2.75) is 20.3 Å².